The number of carbonyl (C=O) groups is 1. The Morgan fingerprint density at radius 1 is 1.30 bits per heavy atom. The normalized spacial score (nSPS) is 10.5. The molecule has 0 saturated carbocycles. The van der Waals surface area contributed by atoms with Gasteiger partial charge in [-0.15, -0.1) is 0 Å². The van der Waals surface area contributed by atoms with Crippen LogP contribution in [0.5, 0.6) is 11.5 Å². The molecule has 0 amide bonds. The fourth-order valence-electron chi connectivity index (χ4n) is 1.85. The quantitative estimate of drug-likeness (QED) is 0.497. The van der Waals surface area contributed by atoms with Crippen LogP contribution in [0.25, 0.3) is 6.08 Å². The Morgan fingerprint density at radius 3 is 2.78 bits per heavy atom. The number of phenolic OH excluding ortho intramolecular Hbond substituents is 1. The number of nitrogens with zero attached hydrogens (tertiary/aromatic N) is 1. The zero-order valence-corrected chi connectivity index (χ0v) is 13.2. The summed E-state index contributed by atoms with van der Waals surface area (Å²) in [6.07, 6.45) is 8.33. The summed E-state index contributed by atoms with van der Waals surface area (Å²) in [5.41, 5.74) is 2.21. The van der Waals surface area contributed by atoms with Crippen molar-refractivity contribution in [3.63, 3.8) is 0 Å². The van der Waals surface area contributed by atoms with Gasteiger partial charge in [-0.25, -0.2) is 0 Å². The molecule has 0 unspecified atom stereocenters. The average Bonchev–Trinajstić information content (AvgIpc) is 2.53. The summed E-state index contributed by atoms with van der Waals surface area (Å²) in [6.45, 7) is 4.39. The van der Waals surface area contributed by atoms with E-state index < -0.39 is 0 Å². The topological polar surface area (TPSA) is 59.4 Å². The monoisotopic (exact) mass is 309 g/mol. The molecule has 0 saturated heterocycles. The molecule has 4 heteroatoms. The van der Waals surface area contributed by atoms with Gasteiger partial charge in [-0.2, -0.15) is 0 Å². The first-order chi connectivity index (χ1) is 11.1. The van der Waals surface area contributed by atoms with Crippen molar-refractivity contribution in [3.05, 3.63) is 71.6 Å². The standard InChI is InChI=1S/C19H19NO3/c1-14(2)9-11-23-16-6-7-17(19(22)12-16)18(21)8-5-15-4-3-10-20-13-15/h3-10,12-13,22H,11H2,1-2H3/b8-5+. The third-order valence-electron chi connectivity index (χ3n) is 3.09. The Bertz CT molecular complexity index is 730. The predicted molar refractivity (Wildman–Crippen MR) is 90.6 cm³/mol. The second-order valence-corrected chi connectivity index (χ2v) is 5.26. The molecule has 0 radical (unpaired) electrons. The van der Waals surface area contributed by atoms with Crippen LogP contribution in [0.4, 0.5) is 0 Å². The van der Waals surface area contributed by atoms with E-state index in [1.807, 2.05) is 26.0 Å². The number of rotatable bonds is 6. The van der Waals surface area contributed by atoms with Crippen molar-refractivity contribution in [1.29, 1.82) is 0 Å². The van der Waals surface area contributed by atoms with Crippen LogP contribution in [0.1, 0.15) is 29.8 Å². The Kier molecular flexibility index (Phi) is 5.69. The SMILES string of the molecule is CC(C)=CCOc1ccc(C(=O)/C=C/c2cccnc2)c(O)c1. The van der Waals surface area contributed by atoms with E-state index in [4.69, 9.17) is 4.74 Å². The molecule has 23 heavy (non-hydrogen) atoms. The lowest BCUT2D eigenvalue weighted by Crippen LogP contribution is -1.98. The smallest absolute Gasteiger partial charge is 0.189 e. The predicted octanol–water partition coefficient (Wildman–Crippen LogP) is 4.03. The van der Waals surface area contributed by atoms with Crippen LogP contribution in [0.3, 0.4) is 0 Å². The summed E-state index contributed by atoms with van der Waals surface area (Å²) in [4.78, 5) is 16.1. The van der Waals surface area contributed by atoms with Gasteiger partial charge in [0.15, 0.2) is 5.78 Å². The van der Waals surface area contributed by atoms with Crippen LogP contribution in [-0.2, 0) is 0 Å². The largest absolute Gasteiger partial charge is 0.507 e. The maximum Gasteiger partial charge on any atom is 0.189 e. The van der Waals surface area contributed by atoms with E-state index in [-0.39, 0.29) is 17.1 Å². The van der Waals surface area contributed by atoms with Gasteiger partial charge in [0, 0.05) is 18.5 Å². The number of aromatic nitrogens is 1. The van der Waals surface area contributed by atoms with E-state index in [0.29, 0.717) is 12.4 Å². The van der Waals surface area contributed by atoms with E-state index >= 15 is 0 Å². The summed E-state index contributed by atoms with van der Waals surface area (Å²) >= 11 is 0. The number of hydrogen-bond acceptors (Lipinski definition) is 4. The van der Waals surface area contributed by atoms with Crippen LogP contribution in [0, 0.1) is 0 Å². The third kappa shape index (κ3) is 5.11. The van der Waals surface area contributed by atoms with Gasteiger partial charge in [0.05, 0.1) is 5.56 Å². The molecule has 2 rings (SSSR count). The molecule has 0 spiro atoms. The van der Waals surface area contributed by atoms with Crippen LogP contribution >= 0.6 is 0 Å². The summed E-state index contributed by atoms with van der Waals surface area (Å²) in [5.74, 6) is 0.149. The van der Waals surface area contributed by atoms with Gasteiger partial charge in [-0.1, -0.05) is 11.6 Å². The molecule has 4 nitrogen and oxygen atoms in total. The summed E-state index contributed by atoms with van der Waals surface area (Å²) in [5, 5.41) is 10.0. The molecule has 0 aliphatic heterocycles. The van der Waals surface area contributed by atoms with Crippen molar-refractivity contribution in [2.45, 2.75) is 13.8 Å². The first-order valence-electron chi connectivity index (χ1n) is 7.28. The van der Waals surface area contributed by atoms with Gasteiger partial charge >= 0.3 is 0 Å². The lowest BCUT2D eigenvalue weighted by atomic mass is 10.1. The number of pyridine rings is 1. The first kappa shape index (κ1) is 16.5. The lowest BCUT2D eigenvalue weighted by molar-refractivity contribution is 0.104. The second kappa shape index (κ2) is 7.94. The third-order valence-corrected chi connectivity index (χ3v) is 3.09. The summed E-state index contributed by atoms with van der Waals surface area (Å²) < 4.78 is 5.49. The Morgan fingerprint density at radius 2 is 2.13 bits per heavy atom. The van der Waals surface area contributed by atoms with Gasteiger partial charge in [0.25, 0.3) is 0 Å². The fraction of sp³-hybridized carbons (Fsp3) is 0.158. The molecule has 1 N–H and O–H groups in total. The van der Waals surface area contributed by atoms with Gasteiger partial charge in [-0.3, -0.25) is 9.78 Å². The van der Waals surface area contributed by atoms with E-state index in [0.717, 1.165) is 11.1 Å². The van der Waals surface area contributed by atoms with Crippen molar-refractivity contribution in [3.8, 4) is 11.5 Å². The van der Waals surface area contributed by atoms with Gasteiger partial charge in [0.1, 0.15) is 18.1 Å². The highest BCUT2D eigenvalue weighted by atomic mass is 16.5. The average molecular weight is 309 g/mol. The van der Waals surface area contributed by atoms with Crippen LogP contribution in [0.2, 0.25) is 0 Å². The fourth-order valence-corrected chi connectivity index (χ4v) is 1.85. The molecule has 1 heterocycles. The molecule has 0 fully saturated rings. The highest BCUT2D eigenvalue weighted by molar-refractivity contribution is 6.08. The minimum absolute atomic E-state index is 0.0967. The number of aromatic hydroxyl groups is 1. The van der Waals surface area contributed by atoms with E-state index in [1.54, 1.807) is 36.7 Å². The summed E-state index contributed by atoms with van der Waals surface area (Å²) in [7, 11) is 0. The van der Waals surface area contributed by atoms with Crippen molar-refractivity contribution < 1.29 is 14.6 Å². The minimum atomic E-state index is -0.276. The van der Waals surface area contributed by atoms with Crippen LogP contribution < -0.4 is 4.74 Å². The van der Waals surface area contributed by atoms with Crippen LogP contribution in [0.15, 0.2) is 60.5 Å². The molecular formula is C19H19NO3. The Hall–Kier alpha value is -2.88. The minimum Gasteiger partial charge on any atom is -0.507 e. The number of phenols is 1. The van der Waals surface area contributed by atoms with Gasteiger partial charge in [-0.05, 0) is 55.8 Å². The van der Waals surface area contributed by atoms with Crippen molar-refractivity contribution >= 4 is 11.9 Å². The zero-order chi connectivity index (χ0) is 16.7. The number of carbonyl (C=O) groups excluding carboxylic acids is 1. The molecule has 2 aromatic rings. The van der Waals surface area contributed by atoms with Crippen LogP contribution in [-0.4, -0.2) is 22.5 Å². The summed E-state index contributed by atoms with van der Waals surface area (Å²) in [6, 6.07) is 8.31. The maximum atomic E-state index is 12.1. The number of ether oxygens (including phenoxy) is 1. The zero-order valence-electron chi connectivity index (χ0n) is 13.2. The molecule has 0 aliphatic carbocycles. The highest BCUT2D eigenvalue weighted by Gasteiger charge is 2.09. The number of benzene rings is 1. The van der Waals surface area contributed by atoms with Crippen molar-refractivity contribution in [2.75, 3.05) is 6.61 Å². The maximum absolute atomic E-state index is 12.1. The van der Waals surface area contributed by atoms with Crippen molar-refractivity contribution in [1.82, 2.24) is 4.98 Å². The number of allylic oxidation sites excluding steroid dienone is 2. The lowest BCUT2D eigenvalue weighted by Gasteiger charge is -2.06. The molecule has 0 bridgehead atoms. The van der Waals surface area contributed by atoms with E-state index in [1.165, 1.54) is 12.1 Å². The molecule has 1 aromatic heterocycles. The Balaban J connectivity index is 2.06. The first-order valence-corrected chi connectivity index (χ1v) is 7.28. The van der Waals surface area contributed by atoms with Gasteiger partial charge in [0.2, 0.25) is 0 Å². The molecule has 0 atom stereocenters. The van der Waals surface area contributed by atoms with Gasteiger partial charge < -0.3 is 9.84 Å². The molecule has 0 aliphatic rings. The molecular weight excluding hydrogens is 290 g/mol. The Labute approximate surface area is 135 Å². The second-order valence-electron chi connectivity index (χ2n) is 5.26. The van der Waals surface area contributed by atoms with Crippen molar-refractivity contribution in [2.24, 2.45) is 0 Å². The molecule has 1 aromatic carbocycles. The molecule has 118 valence electrons. The number of hydrogen-bond donors (Lipinski definition) is 1. The highest BCUT2D eigenvalue weighted by Crippen LogP contribution is 2.24. The number of ketones is 1. The van der Waals surface area contributed by atoms with E-state index in [2.05, 4.69) is 4.98 Å². The van der Waals surface area contributed by atoms with E-state index in [9.17, 15) is 9.90 Å².